The van der Waals surface area contributed by atoms with Gasteiger partial charge in [0.1, 0.15) is 0 Å². The summed E-state index contributed by atoms with van der Waals surface area (Å²) in [6.45, 7) is 8.27. The van der Waals surface area contributed by atoms with Crippen LogP contribution in [0.3, 0.4) is 0 Å². The number of carbonyl (C=O) groups excluding carboxylic acids is 1. The molecule has 0 radical (unpaired) electrons. The quantitative estimate of drug-likeness (QED) is 0.853. The number of aromatic nitrogens is 1. The number of nitrogens with zero attached hydrogens (tertiary/aromatic N) is 3. The second-order valence-corrected chi connectivity index (χ2v) is 8.53. The highest BCUT2D eigenvalue weighted by Crippen LogP contribution is 2.30. The lowest BCUT2D eigenvalue weighted by Crippen LogP contribution is -2.48. The van der Waals surface area contributed by atoms with E-state index in [0.29, 0.717) is 18.8 Å². The summed E-state index contributed by atoms with van der Waals surface area (Å²) in [5.74, 6) is 0.752. The molecule has 2 fully saturated rings. The highest BCUT2D eigenvalue weighted by molar-refractivity contribution is 5.93. The molecule has 3 aliphatic rings. The fourth-order valence-electron chi connectivity index (χ4n) is 4.99. The van der Waals surface area contributed by atoms with E-state index in [9.17, 15) is 9.90 Å². The minimum atomic E-state index is -0.0599. The number of ether oxygens (including phenoxy) is 1. The molecule has 0 unspecified atom stereocenters. The molecule has 27 heavy (non-hydrogen) atoms. The number of carbonyl (C=O) groups is 1. The average Bonchev–Trinajstić information content (AvgIpc) is 3.24. The maximum Gasteiger partial charge on any atom is 0.292 e. The molecule has 2 aliphatic heterocycles. The zero-order chi connectivity index (χ0) is 19.0. The monoisotopic (exact) mass is 377 g/mol. The lowest BCUT2D eigenvalue weighted by molar-refractivity contribution is -0.0726. The van der Waals surface area contributed by atoms with E-state index in [0.717, 1.165) is 56.6 Å². The molecule has 1 aromatic rings. The maximum atomic E-state index is 13.1. The minimum absolute atomic E-state index is 0.0599. The van der Waals surface area contributed by atoms with Crippen molar-refractivity contribution in [3.63, 3.8) is 0 Å². The van der Waals surface area contributed by atoms with Gasteiger partial charge in [0.25, 0.3) is 5.91 Å². The molecule has 2 saturated heterocycles. The van der Waals surface area contributed by atoms with Crippen LogP contribution in [0.15, 0.2) is 4.52 Å². The molecule has 3 heterocycles. The lowest BCUT2D eigenvalue weighted by Gasteiger charge is -2.37. The van der Waals surface area contributed by atoms with Gasteiger partial charge in [-0.15, -0.1) is 0 Å². The Morgan fingerprint density at radius 1 is 1.11 bits per heavy atom. The molecule has 1 aromatic heterocycles. The van der Waals surface area contributed by atoms with Crippen LogP contribution in [-0.2, 0) is 17.6 Å². The Bertz CT molecular complexity index is 666. The van der Waals surface area contributed by atoms with Gasteiger partial charge in [0, 0.05) is 50.8 Å². The summed E-state index contributed by atoms with van der Waals surface area (Å²) >= 11 is 0. The van der Waals surface area contributed by atoms with Crippen molar-refractivity contribution >= 4 is 5.91 Å². The summed E-state index contributed by atoms with van der Waals surface area (Å²) in [6, 6.07) is 0. The van der Waals surface area contributed by atoms with E-state index in [1.807, 2.05) is 4.90 Å². The second-order valence-electron chi connectivity index (χ2n) is 8.53. The van der Waals surface area contributed by atoms with E-state index in [1.165, 1.54) is 0 Å². The topological polar surface area (TPSA) is 79.0 Å². The van der Waals surface area contributed by atoms with Crippen molar-refractivity contribution < 1.29 is 19.2 Å². The first-order valence-corrected chi connectivity index (χ1v) is 10.3. The SMILES string of the molecule is C[C@@H]1CN(C[C@@H]2CN(C(=O)c3onc4c3CCCC4)C[C@@H]2CO)C[C@H](C)O1. The molecule has 0 aromatic carbocycles. The van der Waals surface area contributed by atoms with Crippen molar-refractivity contribution in [2.75, 3.05) is 39.3 Å². The van der Waals surface area contributed by atoms with Crippen molar-refractivity contribution in [3.05, 3.63) is 17.0 Å². The van der Waals surface area contributed by atoms with Gasteiger partial charge in [0.05, 0.1) is 17.9 Å². The normalized spacial score (nSPS) is 31.9. The van der Waals surface area contributed by atoms with Crippen molar-refractivity contribution in [1.29, 1.82) is 0 Å². The predicted molar refractivity (Wildman–Crippen MR) is 99.6 cm³/mol. The molecule has 1 amide bonds. The summed E-state index contributed by atoms with van der Waals surface area (Å²) in [5, 5.41) is 14.0. The number of fused-ring (bicyclic) bond motifs is 1. The fraction of sp³-hybridized carbons (Fsp3) is 0.800. The molecule has 4 rings (SSSR count). The second kappa shape index (κ2) is 7.89. The number of hydrogen-bond acceptors (Lipinski definition) is 6. The lowest BCUT2D eigenvalue weighted by atomic mass is 9.96. The molecule has 0 spiro atoms. The Labute approximate surface area is 160 Å². The molecule has 1 aliphatic carbocycles. The summed E-state index contributed by atoms with van der Waals surface area (Å²) < 4.78 is 11.3. The number of aryl methyl sites for hydroxylation is 1. The smallest absolute Gasteiger partial charge is 0.292 e. The molecule has 150 valence electrons. The number of aliphatic hydroxyl groups is 1. The first kappa shape index (κ1) is 18.9. The Balaban J connectivity index is 1.43. The summed E-state index contributed by atoms with van der Waals surface area (Å²) in [5.41, 5.74) is 1.96. The third-order valence-corrected chi connectivity index (χ3v) is 6.24. The number of aliphatic hydroxyl groups excluding tert-OH is 1. The average molecular weight is 377 g/mol. The fourth-order valence-corrected chi connectivity index (χ4v) is 4.99. The van der Waals surface area contributed by atoms with Gasteiger partial charge in [0.2, 0.25) is 5.76 Å². The number of likely N-dealkylation sites (tertiary alicyclic amines) is 1. The van der Waals surface area contributed by atoms with Gasteiger partial charge in [-0.2, -0.15) is 0 Å². The van der Waals surface area contributed by atoms with Crippen LogP contribution in [0.25, 0.3) is 0 Å². The molecule has 1 N–H and O–H groups in total. The van der Waals surface area contributed by atoms with Crippen LogP contribution < -0.4 is 0 Å². The minimum Gasteiger partial charge on any atom is -0.396 e. The first-order chi connectivity index (χ1) is 13.0. The van der Waals surface area contributed by atoms with Crippen LogP contribution in [0.1, 0.15) is 48.5 Å². The van der Waals surface area contributed by atoms with Crippen LogP contribution in [0, 0.1) is 11.8 Å². The van der Waals surface area contributed by atoms with Crippen molar-refractivity contribution in [2.45, 2.75) is 51.7 Å². The van der Waals surface area contributed by atoms with Crippen LogP contribution in [-0.4, -0.2) is 77.5 Å². The van der Waals surface area contributed by atoms with Crippen molar-refractivity contribution in [3.8, 4) is 0 Å². The van der Waals surface area contributed by atoms with Gasteiger partial charge in [-0.3, -0.25) is 9.69 Å². The molecule has 0 saturated carbocycles. The van der Waals surface area contributed by atoms with E-state index in [2.05, 4.69) is 23.9 Å². The van der Waals surface area contributed by atoms with E-state index in [-0.39, 0.29) is 36.6 Å². The number of amides is 1. The standard InChI is InChI=1S/C20H31N3O4/c1-13-7-22(8-14(2)26-13)9-15-10-23(11-16(15)12-24)20(25)19-17-5-3-4-6-18(17)21-27-19/h13-16,24H,3-12H2,1-2H3/t13-,14+,15-,16-/m1/s1. The van der Waals surface area contributed by atoms with E-state index >= 15 is 0 Å². The molecule has 4 atom stereocenters. The molecular formula is C20H31N3O4. The Morgan fingerprint density at radius 2 is 1.81 bits per heavy atom. The van der Waals surface area contributed by atoms with Crippen LogP contribution >= 0.6 is 0 Å². The number of hydrogen-bond donors (Lipinski definition) is 1. The van der Waals surface area contributed by atoms with E-state index in [1.54, 1.807) is 0 Å². The Kier molecular flexibility index (Phi) is 5.53. The first-order valence-electron chi connectivity index (χ1n) is 10.3. The number of morpholine rings is 1. The zero-order valence-corrected chi connectivity index (χ0v) is 16.4. The summed E-state index contributed by atoms with van der Waals surface area (Å²) in [6.07, 6.45) is 4.43. The molecule has 7 heteroatoms. The van der Waals surface area contributed by atoms with Crippen LogP contribution in [0.4, 0.5) is 0 Å². The molecular weight excluding hydrogens is 346 g/mol. The van der Waals surface area contributed by atoms with E-state index in [4.69, 9.17) is 9.26 Å². The van der Waals surface area contributed by atoms with Crippen LogP contribution in [0.5, 0.6) is 0 Å². The molecule has 7 nitrogen and oxygen atoms in total. The van der Waals surface area contributed by atoms with Crippen molar-refractivity contribution in [2.24, 2.45) is 11.8 Å². The third kappa shape index (κ3) is 3.91. The van der Waals surface area contributed by atoms with E-state index < -0.39 is 0 Å². The Hall–Kier alpha value is -1.44. The van der Waals surface area contributed by atoms with Crippen LogP contribution in [0.2, 0.25) is 0 Å². The van der Waals surface area contributed by atoms with Crippen molar-refractivity contribution in [1.82, 2.24) is 15.0 Å². The predicted octanol–water partition coefficient (Wildman–Crippen LogP) is 1.34. The Morgan fingerprint density at radius 3 is 2.56 bits per heavy atom. The third-order valence-electron chi connectivity index (χ3n) is 6.24. The number of rotatable bonds is 4. The zero-order valence-electron chi connectivity index (χ0n) is 16.4. The van der Waals surface area contributed by atoms with Gasteiger partial charge in [-0.25, -0.2) is 0 Å². The summed E-state index contributed by atoms with van der Waals surface area (Å²) in [4.78, 5) is 17.3. The van der Waals surface area contributed by atoms with Gasteiger partial charge in [-0.1, -0.05) is 5.16 Å². The van der Waals surface area contributed by atoms with Gasteiger partial charge >= 0.3 is 0 Å². The van der Waals surface area contributed by atoms with Gasteiger partial charge < -0.3 is 19.3 Å². The highest BCUT2D eigenvalue weighted by atomic mass is 16.5. The summed E-state index contributed by atoms with van der Waals surface area (Å²) in [7, 11) is 0. The van der Waals surface area contributed by atoms with Gasteiger partial charge in [-0.05, 0) is 45.4 Å². The molecule has 0 bridgehead atoms. The highest BCUT2D eigenvalue weighted by Gasteiger charge is 2.39. The maximum absolute atomic E-state index is 13.1. The largest absolute Gasteiger partial charge is 0.396 e. The van der Waals surface area contributed by atoms with Gasteiger partial charge in [0.15, 0.2) is 0 Å².